The first kappa shape index (κ1) is 11.5. The number of thiazole rings is 1. The number of carboxylic acids is 1. The minimum absolute atomic E-state index is 0.101. The van der Waals surface area contributed by atoms with Crippen LogP contribution in [0.3, 0.4) is 0 Å². The molecular weight excluding hydrogens is 266 g/mol. The molecule has 0 unspecified atom stereocenters. The fourth-order valence-electron chi connectivity index (χ4n) is 1.50. The normalized spacial score (nSPS) is 10.5. The van der Waals surface area contributed by atoms with Crippen molar-refractivity contribution in [1.29, 1.82) is 0 Å². The molecule has 0 aliphatic carbocycles. The van der Waals surface area contributed by atoms with E-state index in [1.807, 2.05) is 0 Å². The van der Waals surface area contributed by atoms with E-state index in [2.05, 4.69) is 15.0 Å². The van der Waals surface area contributed by atoms with Crippen LogP contribution in [0, 0.1) is 0 Å². The van der Waals surface area contributed by atoms with E-state index in [1.54, 1.807) is 24.0 Å². The van der Waals surface area contributed by atoms with Gasteiger partial charge in [0.05, 0.1) is 11.8 Å². The molecule has 0 saturated carbocycles. The molecule has 3 aromatic rings. The van der Waals surface area contributed by atoms with Crippen molar-refractivity contribution in [2.75, 3.05) is 0 Å². The summed E-state index contributed by atoms with van der Waals surface area (Å²) >= 11 is 1.39. The average molecular weight is 273 g/mol. The monoisotopic (exact) mass is 273 g/mol. The van der Waals surface area contributed by atoms with Crippen molar-refractivity contribution in [3.63, 3.8) is 0 Å². The second-order valence-electron chi connectivity index (χ2n) is 3.63. The Kier molecular flexibility index (Phi) is 2.81. The third kappa shape index (κ3) is 2.23. The SMILES string of the molecule is O=C(O)c1coc(-c2csc(-c3cnccn3)n2)c1. The number of nitrogens with zero attached hydrogens (tertiary/aromatic N) is 3. The van der Waals surface area contributed by atoms with Crippen LogP contribution >= 0.6 is 11.3 Å². The van der Waals surface area contributed by atoms with Crippen LogP contribution in [0.25, 0.3) is 22.2 Å². The van der Waals surface area contributed by atoms with Crippen LogP contribution < -0.4 is 0 Å². The van der Waals surface area contributed by atoms with Gasteiger partial charge in [0.25, 0.3) is 0 Å². The summed E-state index contributed by atoms with van der Waals surface area (Å²) in [5, 5.41) is 11.3. The highest BCUT2D eigenvalue weighted by Crippen LogP contribution is 2.28. The van der Waals surface area contributed by atoms with E-state index in [4.69, 9.17) is 9.52 Å². The fourth-order valence-corrected chi connectivity index (χ4v) is 2.27. The highest BCUT2D eigenvalue weighted by Gasteiger charge is 2.13. The van der Waals surface area contributed by atoms with Gasteiger partial charge in [-0.1, -0.05) is 0 Å². The summed E-state index contributed by atoms with van der Waals surface area (Å²) in [6.45, 7) is 0. The summed E-state index contributed by atoms with van der Waals surface area (Å²) in [6.07, 6.45) is 5.99. The second-order valence-corrected chi connectivity index (χ2v) is 4.49. The number of hydrogen-bond donors (Lipinski definition) is 1. The zero-order valence-electron chi connectivity index (χ0n) is 9.48. The minimum atomic E-state index is -1.03. The second kappa shape index (κ2) is 4.62. The van der Waals surface area contributed by atoms with Crippen LogP contribution in [0.1, 0.15) is 10.4 Å². The molecule has 94 valence electrons. The van der Waals surface area contributed by atoms with Crippen LogP contribution in [-0.4, -0.2) is 26.0 Å². The smallest absolute Gasteiger partial charge is 0.338 e. The lowest BCUT2D eigenvalue weighted by atomic mass is 10.3. The standard InChI is InChI=1S/C12H7N3O3S/c16-12(17)7-3-10(18-5-7)9-6-19-11(15-9)8-4-13-1-2-14-8/h1-6H,(H,16,17). The van der Waals surface area contributed by atoms with Crippen molar-refractivity contribution in [2.45, 2.75) is 0 Å². The van der Waals surface area contributed by atoms with Crippen LogP contribution in [0.4, 0.5) is 0 Å². The fraction of sp³-hybridized carbons (Fsp3) is 0. The highest BCUT2D eigenvalue weighted by atomic mass is 32.1. The predicted molar refractivity (Wildman–Crippen MR) is 67.8 cm³/mol. The molecule has 0 bridgehead atoms. The lowest BCUT2D eigenvalue weighted by Crippen LogP contribution is -1.91. The molecular formula is C12H7N3O3S. The summed E-state index contributed by atoms with van der Waals surface area (Å²) in [4.78, 5) is 23.3. The number of hydrogen-bond acceptors (Lipinski definition) is 6. The summed E-state index contributed by atoms with van der Waals surface area (Å²) in [7, 11) is 0. The van der Waals surface area contributed by atoms with Gasteiger partial charge in [-0.05, 0) is 0 Å². The van der Waals surface area contributed by atoms with Gasteiger partial charge in [-0.15, -0.1) is 11.3 Å². The topological polar surface area (TPSA) is 89.1 Å². The lowest BCUT2D eigenvalue weighted by Gasteiger charge is -1.91. The zero-order valence-corrected chi connectivity index (χ0v) is 10.3. The average Bonchev–Trinajstić information content (AvgIpc) is 3.09. The molecule has 0 saturated heterocycles. The summed E-state index contributed by atoms with van der Waals surface area (Å²) in [5.41, 5.74) is 1.35. The number of carbonyl (C=O) groups is 1. The van der Waals surface area contributed by atoms with Gasteiger partial charge in [0.2, 0.25) is 0 Å². The molecule has 0 aromatic carbocycles. The molecule has 0 aliphatic rings. The Bertz CT molecular complexity index is 721. The Hall–Kier alpha value is -2.54. The van der Waals surface area contributed by atoms with E-state index < -0.39 is 5.97 Å². The Labute approximate surface area is 111 Å². The van der Waals surface area contributed by atoms with Gasteiger partial charge >= 0.3 is 5.97 Å². The number of rotatable bonds is 3. The molecule has 6 nitrogen and oxygen atoms in total. The van der Waals surface area contributed by atoms with Crippen molar-refractivity contribution in [2.24, 2.45) is 0 Å². The van der Waals surface area contributed by atoms with E-state index in [0.29, 0.717) is 22.2 Å². The molecule has 0 spiro atoms. The lowest BCUT2D eigenvalue weighted by molar-refractivity contribution is 0.0696. The number of aromatic nitrogens is 3. The van der Waals surface area contributed by atoms with Gasteiger partial charge in [0.15, 0.2) is 5.76 Å². The van der Waals surface area contributed by atoms with Crippen molar-refractivity contribution in [3.8, 4) is 22.2 Å². The molecule has 7 heteroatoms. The maximum absolute atomic E-state index is 10.8. The van der Waals surface area contributed by atoms with Crippen molar-refractivity contribution < 1.29 is 14.3 Å². The summed E-state index contributed by atoms with van der Waals surface area (Å²) < 4.78 is 5.19. The Balaban J connectivity index is 1.94. The van der Waals surface area contributed by atoms with E-state index in [1.165, 1.54) is 23.7 Å². The number of carboxylic acid groups (broad SMARTS) is 1. The molecule has 3 aromatic heterocycles. The van der Waals surface area contributed by atoms with E-state index in [9.17, 15) is 4.79 Å². The Morgan fingerprint density at radius 3 is 2.89 bits per heavy atom. The molecule has 0 radical (unpaired) electrons. The Morgan fingerprint density at radius 1 is 1.32 bits per heavy atom. The van der Waals surface area contributed by atoms with Gasteiger partial charge in [-0.3, -0.25) is 9.97 Å². The molecule has 0 atom stereocenters. The maximum atomic E-state index is 10.8. The molecule has 19 heavy (non-hydrogen) atoms. The van der Waals surface area contributed by atoms with Crippen molar-refractivity contribution in [3.05, 3.63) is 41.9 Å². The van der Waals surface area contributed by atoms with E-state index in [-0.39, 0.29) is 5.56 Å². The zero-order chi connectivity index (χ0) is 13.2. The quantitative estimate of drug-likeness (QED) is 0.788. The first-order valence-electron chi connectivity index (χ1n) is 5.28. The highest BCUT2D eigenvalue weighted by molar-refractivity contribution is 7.13. The van der Waals surface area contributed by atoms with Crippen LogP contribution in [0.15, 0.2) is 40.7 Å². The molecule has 3 heterocycles. The third-order valence-electron chi connectivity index (χ3n) is 2.39. The van der Waals surface area contributed by atoms with Crippen molar-refractivity contribution in [1.82, 2.24) is 15.0 Å². The van der Waals surface area contributed by atoms with Crippen molar-refractivity contribution >= 4 is 17.3 Å². The molecule has 3 rings (SSSR count). The Morgan fingerprint density at radius 2 is 2.21 bits per heavy atom. The van der Waals surface area contributed by atoms with Gasteiger partial charge in [0, 0.05) is 23.8 Å². The predicted octanol–water partition coefficient (Wildman–Crippen LogP) is 2.56. The summed E-state index contributed by atoms with van der Waals surface area (Å²) in [6, 6.07) is 1.44. The summed E-state index contributed by atoms with van der Waals surface area (Å²) in [5.74, 6) is -0.608. The number of aromatic carboxylic acids is 1. The van der Waals surface area contributed by atoms with E-state index in [0.717, 1.165) is 0 Å². The molecule has 0 aliphatic heterocycles. The largest absolute Gasteiger partial charge is 0.478 e. The van der Waals surface area contributed by atoms with Gasteiger partial charge in [0.1, 0.15) is 22.7 Å². The molecule has 1 N–H and O–H groups in total. The molecule has 0 fully saturated rings. The van der Waals surface area contributed by atoms with Crippen LogP contribution in [0.2, 0.25) is 0 Å². The maximum Gasteiger partial charge on any atom is 0.338 e. The van der Waals surface area contributed by atoms with Gasteiger partial charge in [-0.2, -0.15) is 0 Å². The van der Waals surface area contributed by atoms with Crippen LogP contribution in [0.5, 0.6) is 0 Å². The number of furan rings is 1. The van der Waals surface area contributed by atoms with Gasteiger partial charge in [-0.25, -0.2) is 9.78 Å². The minimum Gasteiger partial charge on any atom is -0.478 e. The van der Waals surface area contributed by atoms with Crippen LogP contribution in [-0.2, 0) is 0 Å². The van der Waals surface area contributed by atoms with E-state index >= 15 is 0 Å². The third-order valence-corrected chi connectivity index (χ3v) is 3.25. The first-order valence-corrected chi connectivity index (χ1v) is 6.16. The van der Waals surface area contributed by atoms with Gasteiger partial charge < -0.3 is 9.52 Å². The first-order chi connectivity index (χ1) is 9.24. The molecule has 0 amide bonds.